The van der Waals surface area contributed by atoms with Crippen molar-refractivity contribution in [3.63, 3.8) is 0 Å². The molecule has 1 saturated heterocycles. The van der Waals surface area contributed by atoms with E-state index in [1.54, 1.807) is 6.20 Å². The van der Waals surface area contributed by atoms with E-state index < -0.39 is 0 Å². The lowest BCUT2D eigenvalue weighted by atomic mass is 10.1. The molecule has 5 heterocycles. The van der Waals surface area contributed by atoms with Gasteiger partial charge in [-0.3, -0.25) is 4.98 Å². The molecule has 0 unspecified atom stereocenters. The molecule has 0 saturated carbocycles. The van der Waals surface area contributed by atoms with E-state index in [-0.39, 0.29) is 0 Å². The zero-order valence-corrected chi connectivity index (χ0v) is 13.8. The lowest BCUT2D eigenvalue weighted by Gasteiger charge is -2.36. The Morgan fingerprint density at radius 3 is 2.88 bits per heavy atom. The molecule has 0 aliphatic carbocycles. The Hall–Kier alpha value is -3.06. The molecule has 5 rings (SSSR count). The molecule has 0 atom stereocenters. The van der Waals surface area contributed by atoms with Crippen molar-refractivity contribution in [3.05, 3.63) is 48.9 Å². The lowest BCUT2D eigenvalue weighted by molar-refractivity contribution is 0.204. The highest BCUT2D eigenvalue weighted by Gasteiger charge is 2.23. The SMILES string of the molecule is CN1CC(Nc2ncc3c(-c4ccc5ncccc5n4)ccn3n2)C1. The second-order valence-electron chi connectivity index (χ2n) is 6.44. The number of nitrogens with one attached hydrogen (secondary N) is 1. The number of likely N-dealkylation sites (N-methyl/N-ethyl adjacent to an activating group) is 1. The largest absolute Gasteiger partial charge is 0.348 e. The normalized spacial score (nSPS) is 15.6. The average molecular weight is 331 g/mol. The highest BCUT2D eigenvalue weighted by Crippen LogP contribution is 2.25. The first-order valence-corrected chi connectivity index (χ1v) is 8.28. The topological polar surface area (TPSA) is 71.2 Å². The van der Waals surface area contributed by atoms with Gasteiger partial charge in [-0.25, -0.2) is 14.5 Å². The highest BCUT2D eigenvalue weighted by atomic mass is 15.3. The maximum atomic E-state index is 4.72. The van der Waals surface area contributed by atoms with Gasteiger partial charge in [-0.05, 0) is 37.4 Å². The van der Waals surface area contributed by atoms with Gasteiger partial charge in [0.1, 0.15) is 0 Å². The second kappa shape index (κ2) is 5.49. The summed E-state index contributed by atoms with van der Waals surface area (Å²) >= 11 is 0. The number of hydrogen-bond acceptors (Lipinski definition) is 6. The second-order valence-corrected chi connectivity index (χ2v) is 6.44. The molecule has 0 spiro atoms. The van der Waals surface area contributed by atoms with Crippen molar-refractivity contribution in [3.8, 4) is 11.3 Å². The summed E-state index contributed by atoms with van der Waals surface area (Å²) in [5, 5.41) is 7.93. The highest BCUT2D eigenvalue weighted by molar-refractivity contribution is 5.83. The summed E-state index contributed by atoms with van der Waals surface area (Å²) < 4.78 is 1.85. The minimum atomic E-state index is 0.423. The van der Waals surface area contributed by atoms with Crippen LogP contribution in [0.25, 0.3) is 27.8 Å². The number of fused-ring (bicyclic) bond motifs is 2. The number of aromatic nitrogens is 5. The maximum absolute atomic E-state index is 4.72. The number of nitrogens with zero attached hydrogens (tertiary/aromatic N) is 6. The Bertz CT molecular complexity index is 1070. The van der Waals surface area contributed by atoms with Crippen molar-refractivity contribution in [1.82, 2.24) is 29.5 Å². The van der Waals surface area contributed by atoms with Crippen molar-refractivity contribution in [2.75, 3.05) is 25.5 Å². The van der Waals surface area contributed by atoms with Crippen LogP contribution in [0, 0.1) is 0 Å². The Morgan fingerprint density at radius 1 is 1.08 bits per heavy atom. The molecule has 1 aliphatic rings. The molecule has 25 heavy (non-hydrogen) atoms. The summed E-state index contributed by atoms with van der Waals surface area (Å²) in [5.74, 6) is 0.656. The Balaban J connectivity index is 1.50. The van der Waals surface area contributed by atoms with Crippen LogP contribution in [0.1, 0.15) is 0 Å². The summed E-state index contributed by atoms with van der Waals surface area (Å²) in [4.78, 5) is 15.8. The standard InChI is InChI=1S/C18H17N7/c1-24-10-12(11-24)21-18-20-9-17-13(6-8-25(17)23-18)14-4-5-15-16(22-14)3-2-7-19-15/h2-9,12H,10-11H2,1H3,(H,21,23). The van der Waals surface area contributed by atoms with Crippen molar-refractivity contribution in [1.29, 1.82) is 0 Å². The molecule has 1 fully saturated rings. The summed E-state index contributed by atoms with van der Waals surface area (Å²) in [6.07, 6.45) is 5.57. The van der Waals surface area contributed by atoms with Gasteiger partial charge in [-0.2, -0.15) is 0 Å². The van der Waals surface area contributed by atoms with Crippen molar-refractivity contribution in [2.24, 2.45) is 0 Å². The van der Waals surface area contributed by atoms with Crippen molar-refractivity contribution in [2.45, 2.75) is 6.04 Å². The quantitative estimate of drug-likeness (QED) is 0.620. The van der Waals surface area contributed by atoms with Gasteiger partial charge in [-0.15, -0.1) is 5.10 Å². The average Bonchev–Trinajstić information content (AvgIpc) is 3.03. The molecule has 4 aromatic heterocycles. The Kier molecular flexibility index (Phi) is 3.14. The molecule has 0 bridgehead atoms. The van der Waals surface area contributed by atoms with Crippen LogP contribution in [0.3, 0.4) is 0 Å². The van der Waals surface area contributed by atoms with Crippen LogP contribution in [0.4, 0.5) is 5.95 Å². The Labute approximate surface area is 144 Å². The zero-order valence-electron chi connectivity index (χ0n) is 13.8. The predicted molar refractivity (Wildman–Crippen MR) is 96.4 cm³/mol. The molecule has 7 heteroatoms. The molecule has 7 nitrogen and oxygen atoms in total. The van der Waals surface area contributed by atoms with Crippen molar-refractivity contribution < 1.29 is 0 Å². The summed E-state index contributed by atoms with van der Waals surface area (Å²) in [7, 11) is 2.10. The fourth-order valence-corrected chi connectivity index (χ4v) is 3.26. The number of anilines is 1. The van der Waals surface area contributed by atoms with E-state index in [1.165, 1.54) is 0 Å². The minimum absolute atomic E-state index is 0.423. The number of likely N-dealkylation sites (tertiary alicyclic amines) is 1. The van der Waals surface area contributed by atoms with Crippen LogP contribution in [-0.2, 0) is 0 Å². The van der Waals surface area contributed by atoms with Gasteiger partial charge in [0.05, 0.1) is 34.5 Å². The smallest absolute Gasteiger partial charge is 0.241 e. The maximum Gasteiger partial charge on any atom is 0.241 e. The molecule has 0 radical (unpaired) electrons. The zero-order chi connectivity index (χ0) is 16.8. The monoisotopic (exact) mass is 331 g/mol. The van der Waals surface area contributed by atoms with E-state index in [2.05, 4.69) is 32.3 Å². The first-order chi connectivity index (χ1) is 12.3. The van der Waals surface area contributed by atoms with Crippen molar-refractivity contribution >= 4 is 22.5 Å². The summed E-state index contributed by atoms with van der Waals surface area (Å²) in [6.45, 7) is 2.04. The lowest BCUT2D eigenvalue weighted by Crippen LogP contribution is -2.52. The molecule has 1 aliphatic heterocycles. The van der Waals surface area contributed by atoms with E-state index in [1.807, 2.05) is 47.2 Å². The third kappa shape index (κ3) is 2.49. The van der Waals surface area contributed by atoms with Gasteiger partial charge < -0.3 is 10.2 Å². The third-order valence-corrected chi connectivity index (χ3v) is 4.55. The number of pyridine rings is 2. The first-order valence-electron chi connectivity index (χ1n) is 8.28. The van der Waals surface area contributed by atoms with Crippen LogP contribution in [0.2, 0.25) is 0 Å². The fourth-order valence-electron chi connectivity index (χ4n) is 3.26. The van der Waals surface area contributed by atoms with Crippen LogP contribution in [-0.4, -0.2) is 55.6 Å². The first kappa shape index (κ1) is 14.3. The molecule has 0 aromatic carbocycles. The van der Waals surface area contributed by atoms with Gasteiger partial charge in [0, 0.05) is 31.0 Å². The molecule has 0 amide bonds. The summed E-state index contributed by atoms with van der Waals surface area (Å²) in [6, 6.07) is 10.3. The van der Waals surface area contributed by atoms with Crippen LogP contribution in [0.15, 0.2) is 48.9 Å². The number of rotatable bonds is 3. The van der Waals surface area contributed by atoms with Gasteiger partial charge in [0.2, 0.25) is 5.95 Å². The summed E-state index contributed by atoms with van der Waals surface area (Å²) in [5.41, 5.74) is 4.62. The van der Waals surface area contributed by atoms with Gasteiger partial charge in [0.15, 0.2) is 0 Å². The van der Waals surface area contributed by atoms with E-state index >= 15 is 0 Å². The predicted octanol–water partition coefficient (Wildman–Crippen LogP) is 2.07. The van der Waals surface area contributed by atoms with Crippen LogP contribution < -0.4 is 5.32 Å². The van der Waals surface area contributed by atoms with E-state index in [0.29, 0.717) is 12.0 Å². The molecule has 4 aromatic rings. The minimum Gasteiger partial charge on any atom is -0.348 e. The van der Waals surface area contributed by atoms with E-state index in [0.717, 1.165) is 40.9 Å². The van der Waals surface area contributed by atoms with Gasteiger partial charge in [0.25, 0.3) is 0 Å². The molecule has 124 valence electrons. The van der Waals surface area contributed by atoms with E-state index in [4.69, 9.17) is 4.98 Å². The molecular formula is C18H17N7. The Morgan fingerprint density at radius 2 is 2.00 bits per heavy atom. The molecular weight excluding hydrogens is 314 g/mol. The van der Waals surface area contributed by atoms with Gasteiger partial charge in [-0.1, -0.05) is 0 Å². The van der Waals surface area contributed by atoms with Crippen LogP contribution in [0.5, 0.6) is 0 Å². The van der Waals surface area contributed by atoms with Crippen LogP contribution >= 0.6 is 0 Å². The number of hydrogen-bond donors (Lipinski definition) is 1. The third-order valence-electron chi connectivity index (χ3n) is 4.55. The van der Waals surface area contributed by atoms with Gasteiger partial charge >= 0.3 is 0 Å². The fraction of sp³-hybridized carbons (Fsp3) is 0.222. The molecule has 1 N–H and O–H groups in total. The van der Waals surface area contributed by atoms with E-state index in [9.17, 15) is 0 Å².